The summed E-state index contributed by atoms with van der Waals surface area (Å²) in [6.07, 6.45) is -1.50. The summed E-state index contributed by atoms with van der Waals surface area (Å²) < 4.78 is 43.0. The Hall–Kier alpha value is -2.30. The van der Waals surface area contributed by atoms with Crippen LogP contribution in [0.5, 0.6) is 0 Å². The van der Waals surface area contributed by atoms with Crippen LogP contribution in [0, 0.1) is 17.3 Å². The lowest BCUT2D eigenvalue weighted by Gasteiger charge is -2.23. The lowest BCUT2D eigenvalue weighted by Crippen LogP contribution is -2.39. The summed E-state index contributed by atoms with van der Waals surface area (Å²) in [4.78, 5) is 12.1. The molecule has 1 unspecified atom stereocenters. The second-order valence-corrected chi connectivity index (χ2v) is 5.90. The molecule has 2 rings (SSSR count). The first-order valence-electron chi connectivity index (χ1n) is 7.83. The molecule has 1 saturated heterocycles. The number of rotatable bonds is 3. The number of halogens is 4. The van der Waals surface area contributed by atoms with E-state index in [0.29, 0.717) is 18.6 Å². The number of hydrogen-bond acceptors (Lipinski definition) is 3. The first kappa shape index (κ1) is 20.0. The Kier molecular flexibility index (Phi) is 6.83. The monoisotopic (exact) mass is 384 g/mol. The first-order valence-corrected chi connectivity index (χ1v) is 8.21. The predicted molar refractivity (Wildman–Crippen MR) is 91.7 cm³/mol. The van der Waals surface area contributed by atoms with Crippen molar-refractivity contribution in [3.8, 4) is 11.8 Å². The summed E-state index contributed by atoms with van der Waals surface area (Å²) in [6.45, 7) is 0.553. The topological polar surface area (TPSA) is 62.2 Å². The minimum absolute atomic E-state index is 0.0418. The van der Waals surface area contributed by atoms with E-state index in [1.807, 2.05) is 0 Å². The number of ether oxygens (including phenoxy) is 1. The van der Waals surface area contributed by atoms with Crippen LogP contribution in [0.15, 0.2) is 34.9 Å². The van der Waals surface area contributed by atoms with E-state index >= 15 is 0 Å². The molecule has 4 nitrogen and oxygen atoms in total. The molecule has 1 fully saturated rings. The van der Waals surface area contributed by atoms with Crippen LogP contribution >= 0.6 is 11.6 Å². The van der Waals surface area contributed by atoms with Crippen molar-refractivity contribution in [3.63, 3.8) is 0 Å². The van der Waals surface area contributed by atoms with Gasteiger partial charge in [-0.2, -0.15) is 13.2 Å². The molecule has 138 valence electrons. The molecule has 0 aliphatic carbocycles. The molecule has 1 heterocycles. The van der Waals surface area contributed by atoms with Crippen LogP contribution in [0.1, 0.15) is 30.4 Å². The van der Waals surface area contributed by atoms with Crippen molar-refractivity contribution in [1.29, 1.82) is 5.41 Å². The zero-order chi connectivity index (χ0) is 19.2. The third-order valence-electron chi connectivity index (χ3n) is 3.61. The van der Waals surface area contributed by atoms with Gasteiger partial charge in [-0.1, -0.05) is 23.4 Å². The van der Waals surface area contributed by atoms with Gasteiger partial charge in [0.25, 0.3) is 5.91 Å². The van der Waals surface area contributed by atoms with Crippen molar-refractivity contribution in [2.24, 2.45) is 0 Å². The van der Waals surface area contributed by atoms with E-state index in [0.717, 1.165) is 31.2 Å². The van der Waals surface area contributed by atoms with Crippen LogP contribution in [-0.4, -0.2) is 25.0 Å². The highest BCUT2D eigenvalue weighted by atomic mass is 35.5. The standard InChI is InChI=1S/C18H16ClF3N2O2/c19-16(17(25)24-15-3-1-2-10-26-15)13(11-23)7-4-12-5-8-14(9-6-12)18(20,21)22/h5-6,8-9,11,15,23H,1-3,10H2,(H,24,25)/b16-13+,23-11?. The van der Waals surface area contributed by atoms with Crippen molar-refractivity contribution < 1.29 is 22.7 Å². The van der Waals surface area contributed by atoms with Crippen LogP contribution in [0.3, 0.4) is 0 Å². The SMILES string of the molecule is N=C/C(C#Cc1ccc(C(F)(F)F)cc1)=C(/Cl)C(=O)NC1CCCCO1. The van der Waals surface area contributed by atoms with Crippen LogP contribution < -0.4 is 5.32 Å². The minimum atomic E-state index is -4.42. The van der Waals surface area contributed by atoms with E-state index < -0.39 is 23.9 Å². The molecule has 0 saturated carbocycles. The average Bonchev–Trinajstić information content (AvgIpc) is 2.62. The lowest BCUT2D eigenvalue weighted by molar-refractivity contribution is -0.137. The van der Waals surface area contributed by atoms with Crippen LogP contribution in [-0.2, 0) is 15.7 Å². The molecule has 2 N–H and O–H groups in total. The Morgan fingerprint density at radius 3 is 2.54 bits per heavy atom. The Balaban J connectivity index is 2.12. The summed E-state index contributed by atoms with van der Waals surface area (Å²) >= 11 is 5.98. The number of carbonyl (C=O) groups excluding carboxylic acids is 1. The molecule has 1 aromatic rings. The predicted octanol–water partition coefficient (Wildman–Crippen LogP) is 3.84. The van der Waals surface area contributed by atoms with Gasteiger partial charge in [-0.25, -0.2) is 0 Å². The van der Waals surface area contributed by atoms with E-state index in [-0.39, 0.29) is 10.6 Å². The normalized spacial score (nSPS) is 18.2. The van der Waals surface area contributed by atoms with Crippen LogP contribution in [0.4, 0.5) is 13.2 Å². The molecule has 0 radical (unpaired) electrons. The molecule has 0 aromatic heterocycles. The Morgan fingerprint density at radius 1 is 1.31 bits per heavy atom. The summed E-state index contributed by atoms with van der Waals surface area (Å²) in [7, 11) is 0. The quantitative estimate of drug-likeness (QED) is 0.472. The number of hydrogen-bond donors (Lipinski definition) is 2. The van der Waals surface area contributed by atoms with E-state index in [1.54, 1.807) is 0 Å². The van der Waals surface area contributed by atoms with Crippen LogP contribution in [0.25, 0.3) is 0 Å². The molecule has 1 amide bonds. The number of carbonyl (C=O) groups is 1. The molecule has 1 aromatic carbocycles. The van der Waals surface area contributed by atoms with E-state index in [4.69, 9.17) is 21.7 Å². The minimum Gasteiger partial charge on any atom is -0.359 e. The fourth-order valence-corrected chi connectivity index (χ4v) is 2.38. The summed E-state index contributed by atoms with van der Waals surface area (Å²) in [6, 6.07) is 4.24. The van der Waals surface area contributed by atoms with Gasteiger partial charge < -0.3 is 15.5 Å². The second-order valence-electron chi connectivity index (χ2n) is 5.53. The van der Waals surface area contributed by atoms with Gasteiger partial charge in [-0.3, -0.25) is 4.79 Å². The Bertz CT molecular complexity index is 755. The molecular weight excluding hydrogens is 369 g/mol. The Labute approximate surface area is 153 Å². The van der Waals surface area contributed by atoms with Crippen molar-refractivity contribution in [2.45, 2.75) is 31.7 Å². The smallest absolute Gasteiger partial charge is 0.359 e. The van der Waals surface area contributed by atoms with Crippen LogP contribution in [0.2, 0.25) is 0 Å². The van der Waals surface area contributed by atoms with Gasteiger partial charge in [0.05, 0.1) is 11.1 Å². The number of alkyl halides is 3. The van der Waals surface area contributed by atoms with Gasteiger partial charge >= 0.3 is 6.18 Å². The van der Waals surface area contributed by atoms with Gasteiger partial charge in [0.2, 0.25) is 0 Å². The molecule has 1 aliphatic rings. The molecule has 0 bridgehead atoms. The maximum absolute atomic E-state index is 12.5. The largest absolute Gasteiger partial charge is 0.416 e. The van der Waals surface area contributed by atoms with Gasteiger partial charge in [-0.15, -0.1) is 0 Å². The van der Waals surface area contributed by atoms with E-state index in [1.165, 1.54) is 12.1 Å². The van der Waals surface area contributed by atoms with Gasteiger partial charge in [0.1, 0.15) is 11.3 Å². The lowest BCUT2D eigenvalue weighted by atomic mass is 10.1. The van der Waals surface area contributed by atoms with Crippen molar-refractivity contribution >= 4 is 23.7 Å². The molecule has 26 heavy (non-hydrogen) atoms. The third-order valence-corrected chi connectivity index (χ3v) is 3.98. The summed E-state index contributed by atoms with van der Waals surface area (Å²) in [5.41, 5.74) is -0.520. The second kappa shape index (κ2) is 8.88. The zero-order valence-electron chi connectivity index (χ0n) is 13.6. The third kappa shape index (κ3) is 5.61. The fourth-order valence-electron chi connectivity index (χ4n) is 2.22. The van der Waals surface area contributed by atoms with Crippen molar-refractivity contribution in [2.75, 3.05) is 6.61 Å². The van der Waals surface area contributed by atoms with E-state index in [9.17, 15) is 18.0 Å². The number of allylic oxidation sites excluding steroid dienone is 1. The molecular formula is C18H16ClF3N2O2. The number of benzene rings is 1. The highest BCUT2D eigenvalue weighted by Gasteiger charge is 2.29. The number of amides is 1. The number of nitrogens with one attached hydrogen (secondary N) is 2. The average molecular weight is 385 g/mol. The molecule has 0 spiro atoms. The fraction of sp³-hybridized carbons (Fsp3) is 0.333. The van der Waals surface area contributed by atoms with Crippen molar-refractivity contribution in [1.82, 2.24) is 5.32 Å². The van der Waals surface area contributed by atoms with E-state index in [2.05, 4.69) is 17.2 Å². The first-order chi connectivity index (χ1) is 12.3. The van der Waals surface area contributed by atoms with Gasteiger partial charge in [0, 0.05) is 18.4 Å². The van der Waals surface area contributed by atoms with Gasteiger partial charge in [0.15, 0.2) is 0 Å². The van der Waals surface area contributed by atoms with Crippen molar-refractivity contribution in [3.05, 3.63) is 46.0 Å². The van der Waals surface area contributed by atoms with Gasteiger partial charge in [-0.05, 0) is 43.5 Å². The maximum atomic E-state index is 12.5. The zero-order valence-corrected chi connectivity index (χ0v) is 14.4. The highest BCUT2D eigenvalue weighted by molar-refractivity contribution is 6.44. The molecule has 1 aliphatic heterocycles. The summed E-state index contributed by atoms with van der Waals surface area (Å²) in [5.74, 6) is 4.51. The molecule has 8 heteroatoms. The maximum Gasteiger partial charge on any atom is 0.416 e. The highest BCUT2D eigenvalue weighted by Crippen LogP contribution is 2.28. The molecule has 1 atom stereocenters. The Morgan fingerprint density at radius 2 is 2.00 bits per heavy atom. The summed E-state index contributed by atoms with van der Waals surface area (Å²) in [5, 5.41) is 9.69.